The summed E-state index contributed by atoms with van der Waals surface area (Å²) >= 11 is 0. The summed E-state index contributed by atoms with van der Waals surface area (Å²) in [5.41, 5.74) is 0.743. The average Bonchev–Trinajstić information content (AvgIpc) is 2.97. The van der Waals surface area contributed by atoms with Crippen molar-refractivity contribution in [2.75, 3.05) is 26.2 Å². The monoisotopic (exact) mass is 340 g/mol. The van der Waals surface area contributed by atoms with E-state index in [1.807, 2.05) is 13.8 Å². The van der Waals surface area contributed by atoms with Crippen molar-refractivity contribution in [2.45, 2.75) is 51.0 Å². The molecule has 2 fully saturated rings. The van der Waals surface area contributed by atoms with Crippen LogP contribution in [0.1, 0.15) is 38.3 Å². The van der Waals surface area contributed by atoms with Gasteiger partial charge in [0.25, 0.3) is 0 Å². The molecule has 0 unspecified atom stereocenters. The maximum absolute atomic E-state index is 12.9. The first-order chi connectivity index (χ1) is 11.0. The van der Waals surface area contributed by atoms with Crippen LogP contribution in [0.4, 0.5) is 0 Å². The lowest BCUT2D eigenvalue weighted by atomic mass is 9.79. The van der Waals surface area contributed by atoms with Gasteiger partial charge in [0.1, 0.15) is 4.90 Å². The first-order valence-corrected chi connectivity index (χ1v) is 10.2. The van der Waals surface area contributed by atoms with Crippen LogP contribution < -0.4 is 5.32 Å². The number of aromatic nitrogens is 2. The molecule has 2 saturated heterocycles. The van der Waals surface area contributed by atoms with Gasteiger partial charge in [-0.2, -0.15) is 9.40 Å². The number of nitrogens with one attached hydrogen (secondary N) is 1. The molecule has 0 bridgehead atoms. The van der Waals surface area contributed by atoms with E-state index < -0.39 is 10.0 Å². The normalized spacial score (nSPS) is 22.5. The van der Waals surface area contributed by atoms with Crippen LogP contribution in [0.25, 0.3) is 0 Å². The first kappa shape index (κ1) is 16.9. The Morgan fingerprint density at radius 2 is 1.78 bits per heavy atom. The van der Waals surface area contributed by atoms with Crippen LogP contribution in [-0.4, -0.2) is 48.7 Å². The Kier molecular flexibility index (Phi) is 5.08. The maximum Gasteiger partial charge on any atom is 0.246 e. The van der Waals surface area contributed by atoms with E-state index in [4.69, 9.17) is 0 Å². The SMILES string of the molecule is CCn1ncc(S(=O)(=O)N2CCC(C3CCNCC3)CC2)c1C. The highest BCUT2D eigenvalue weighted by atomic mass is 32.2. The number of piperidine rings is 2. The van der Waals surface area contributed by atoms with Crippen molar-refractivity contribution in [3.05, 3.63) is 11.9 Å². The van der Waals surface area contributed by atoms with E-state index in [1.54, 1.807) is 8.99 Å². The van der Waals surface area contributed by atoms with Gasteiger partial charge in [0.15, 0.2) is 0 Å². The van der Waals surface area contributed by atoms with Crippen LogP contribution in [-0.2, 0) is 16.6 Å². The van der Waals surface area contributed by atoms with Crippen molar-refractivity contribution in [2.24, 2.45) is 11.8 Å². The third-order valence-corrected chi connectivity index (χ3v) is 7.53. The number of nitrogens with zero attached hydrogens (tertiary/aromatic N) is 3. The van der Waals surface area contributed by atoms with E-state index >= 15 is 0 Å². The van der Waals surface area contributed by atoms with Gasteiger partial charge in [-0.15, -0.1) is 0 Å². The van der Waals surface area contributed by atoms with Crippen molar-refractivity contribution in [3.63, 3.8) is 0 Å². The lowest BCUT2D eigenvalue weighted by Gasteiger charge is -2.37. The number of aryl methyl sites for hydroxylation is 1. The maximum atomic E-state index is 12.9. The van der Waals surface area contributed by atoms with Crippen molar-refractivity contribution < 1.29 is 8.42 Å². The van der Waals surface area contributed by atoms with E-state index in [2.05, 4.69) is 10.4 Å². The van der Waals surface area contributed by atoms with Crippen LogP contribution in [0.3, 0.4) is 0 Å². The van der Waals surface area contributed by atoms with Gasteiger partial charge < -0.3 is 5.32 Å². The van der Waals surface area contributed by atoms with Gasteiger partial charge in [-0.25, -0.2) is 8.42 Å². The molecule has 3 rings (SSSR count). The quantitative estimate of drug-likeness (QED) is 0.904. The van der Waals surface area contributed by atoms with Crippen LogP contribution in [0.5, 0.6) is 0 Å². The van der Waals surface area contributed by atoms with Crippen LogP contribution in [0.2, 0.25) is 0 Å². The molecule has 0 saturated carbocycles. The second-order valence-corrected chi connectivity index (χ2v) is 8.65. The van der Waals surface area contributed by atoms with Crippen molar-refractivity contribution in [3.8, 4) is 0 Å². The lowest BCUT2D eigenvalue weighted by molar-refractivity contribution is 0.176. The van der Waals surface area contributed by atoms with E-state index in [9.17, 15) is 8.42 Å². The molecular weight excluding hydrogens is 312 g/mol. The average molecular weight is 340 g/mol. The van der Waals surface area contributed by atoms with Crippen molar-refractivity contribution >= 4 is 10.0 Å². The predicted octanol–water partition coefficient (Wildman–Crippen LogP) is 1.61. The molecule has 2 aliphatic rings. The molecule has 0 spiro atoms. The Morgan fingerprint density at radius 1 is 1.17 bits per heavy atom. The summed E-state index contributed by atoms with van der Waals surface area (Å²) in [6.45, 7) is 8.02. The zero-order valence-corrected chi connectivity index (χ0v) is 15.0. The fourth-order valence-corrected chi connectivity index (χ4v) is 5.67. The van der Waals surface area contributed by atoms with Gasteiger partial charge in [0.2, 0.25) is 10.0 Å². The lowest BCUT2D eigenvalue weighted by Crippen LogP contribution is -2.42. The largest absolute Gasteiger partial charge is 0.317 e. The molecule has 3 heterocycles. The second-order valence-electron chi connectivity index (χ2n) is 6.74. The highest BCUT2D eigenvalue weighted by Crippen LogP contribution is 2.33. The summed E-state index contributed by atoms with van der Waals surface area (Å²) in [6, 6.07) is 0. The molecule has 0 amide bonds. The Morgan fingerprint density at radius 3 is 2.35 bits per heavy atom. The summed E-state index contributed by atoms with van der Waals surface area (Å²) in [5.74, 6) is 1.45. The number of rotatable bonds is 4. The number of hydrogen-bond acceptors (Lipinski definition) is 4. The topological polar surface area (TPSA) is 67.2 Å². The molecule has 1 aromatic heterocycles. The van der Waals surface area contributed by atoms with Crippen molar-refractivity contribution in [1.82, 2.24) is 19.4 Å². The van der Waals surface area contributed by atoms with E-state index in [1.165, 1.54) is 19.0 Å². The Bertz CT molecular complexity index is 627. The molecule has 2 aliphatic heterocycles. The summed E-state index contributed by atoms with van der Waals surface area (Å²) in [6.07, 6.45) is 5.96. The summed E-state index contributed by atoms with van der Waals surface area (Å²) in [7, 11) is -3.40. The number of hydrogen-bond donors (Lipinski definition) is 1. The van der Waals surface area contributed by atoms with E-state index in [-0.39, 0.29) is 0 Å². The molecule has 0 aliphatic carbocycles. The molecule has 6 nitrogen and oxygen atoms in total. The van der Waals surface area contributed by atoms with Gasteiger partial charge >= 0.3 is 0 Å². The first-order valence-electron chi connectivity index (χ1n) is 8.77. The molecule has 0 aromatic carbocycles. The molecule has 0 radical (unpaired) electrons. The third-order valence-electron chi connectivity index (χ3n) is 5.52. The minimum Gasteiger partial charge on any atom is -0.317 e. The van der Waals surface area contributed by atoms with Crippen molar-refractivity contribution in [1.29, 1.82) is 0 Å². The molecule has 1 N–H and O–H groups in total. The zero-order chi connectivity index (χ0) is 16.4. The highest BCUT2D eigenvalue weighted by Gasteiger charge is 2.34. The summed E-state index contributed by atoms with van der Waals surface area (Å²) < 4.78 is 29.2. The van der Waals surface area contributed by atoms with Crippen LogP contribution >= 0.6 is 0 Å². The highest BCUT2D eigenvalue weighted by molar-refractivity contribution is 7.89. The van der Waals surface area contributed by atoms with E-state index in [0.29, 0.717) is 30.4 Å². The molecule has 7 heteroatoms. The minimum atomic E-state index is -3.40. The summed E-state index contributed by atoms with van der Waals surface area (Å²) in [5, 5.41) is 7.59. The Labute approximate surface area is 139 Å². The third kappa shape index (κ3) is 3.32. The molecule has 23 heavy (non-hydrogen) atoms. The van der Waals surface area contributed by atoms with E-state index in [0.717, 1.165) is 37.5 Å². The predicted molar refractivity (Wildman–Crippen MR) is 89.7 cm³/mol. The molecule has 0 atom stereocenters. The molecular formula is C16H28N4O2S. The number of sulfonamides is 1. The smallest absolute Gasteiger partial charge is 0.246 e. The molecule has 1 aromatic rings. The van der Waals surface area contributed by atoms with Gasteiger partial charge in [0.05, 0.1) is 11.9 Å². The fraction of sp³-hybridized carbons (Fsp3) is 0.812. The molecule has 130 valence electrons. The summed E-state index contributed by atoms with van der Waals surface area (Å²) in [4.78, 5) is 0.375. The van der Waals surface area contributed by atoms with Crippen LogP contribution in [0, 0.1) is 18.8 Å². The fourth-order valence-electron chi connectivity index (χ4n) is 4.04. The van der Waals surface area contributed by atoms with Gasteiger partial charge in [0, 0.05) is 19.6 Å². The van der Waals surface area contributed by atoms with Gasteiger partial charge in [-0.3, -0.25) is 4.68 Å². The Hall–Kier alpha value is -0.920. The van der Waals surface area contributed by atoms with Crippen LogP contribution in [0.15, 0.2) is 11.1 Å². The Balaban J connectivity index is 1.67. The van der Waals surface area contributed by atoms with Gasteiger partial charge in [-0.05, 0) is 64.5 Å². The zero-order valence-electron chi connectivity index (χ0n) is 14.2. The standard InChI is InChI=1S/C16H28N4O2S/c1-3-20-13(2)16(12-18-20)23(21,22)19-10-6-15(7-11-19)14-4-8-17-9-5-14/h12,14-15,17H,3-11H2,1-2H3. The van der Waals surface area contributed by atoms with Gasteiger partial charge in [-0.1, -0.05) is 0 Å². The minimum absolute atomic E-state index is 0.375. The second kappa shape index (κ2) is 6.91.